The smallest absolute Gasteiger partial charge is 0.316 e. The highest BCUT2D eigenvalue weighted by Gasteiger charge is 2.02. The van der Waals surface area contributed by atoms with E-state index < -0.39 is 9.84 Å². The third kappa shape index (κ3) is 9.72. The monoisotopic (exact) mass is 251 g/mol. The van der Waals surface area contributed by atoms with Gasteiger partial charge in [-0.1, -0.05) is 0 Å². The number of nitrogens with one attached hydrogen (secondary N) is 2. The van der Waals surface area contributed by atoms with Crippen LogP contribution in [0.15, 0.2) is 0 Å². The van der Waals surface area contributed by atoms with Crippen LogP contribution in [0.4, 0.5) is 4.79 Å². The minimum atomic E-state index is -2.86. The van der Waals surface area contributed by atoms with Crippen LogP contribution in [0.1, 0.15) is 6.42 Å². The summed E-state index contributed by atoms with van der Waals surface area (Å²) in [5.41, 5.74) is 0. The lowest BCUT2D eigenvalue weighted by Crippen LogP contribution is -2.38. The molecule has 16 heavy (non-hydrogen) atoms. The molecule has 0 aromatic carbocycles. The van der Waals surface area contributed by atoms with Gasteiger partial charge in [-0.05, 0) is 13.0 Å². The van der Waals surface area contributed by atoms with Gasteiger partial charge >= 0.3 is 6.03 Å². The quantitative estimate of drug-likeness (QED) is 0.585. The highest BCUT2D eigenvalue weighted by Crippen LogP contribution is 1.86. The van der Waals surface area contributed by atoms with Crippen LogP contribution in [0.2, 0.25) is 0 Å². The maximum Gasteiger partial charge on any atom is 0.316 e. The molecule has 0 aliphatic rings. The molecule has 2 amide bonds. The molecule has 0 unspecified atom stereocenters. The number of carbonyl (C=O) groups excluding carboxylic acids is 1. The molecule has 0 saturated carbocycles. The molecule has 0 aromatic rings. The van der Waals surface area contributed by atoms with E-state index in [4.69, 9.17) is 0 Å². The van der Waals surface area contributed by atoms with Gasteiger partial charge in [-0.15, -0.1) is 0 Å². The van der Waals surface area contributed by atoms with E-state index in [0.29, 0.717) is 26.1 Å². The number of carbonyl (C=O) groups is 1. The number of hydrogen-bond acceptors (Lipinski definition) is 4. The summed E-state index contributed by atoms with van der Waals surface area (Å²) < 4.78 is 21.6. The number of sulfone groups is 1. The van der Waals surface area contributed by atoms with Gasteiger partial charge in [0.1, 0.15) is 9.84 Å². The van der Waals surface area contributed by atoms with Crippen LogP contribution in [-0.2, 0) is 9.84 Å². The molecular formula is C9H21N3O3S. The first kappa shape index (κ1) is 15.2. The topological polar surface area (TPSA) is 78.5 Å². The van der Waals surface area contributed by atoms with Crippen molar-refractivity contribution in [1.82, 2.24) is 15.5 Å². The van der Waals surface area contributed by atoms with Crippen LogP contribution in [0.3, 0.4) is 0 Å². The van der Waals surface area contributed by atoms with E-state index in [9.17, 15) is 13.2 Å². The molecule has 96 valence electrons. The van der Waals surface area contributed by atoms with Gasteiger partial charge in [-0.25, -0.2) is 13.2 Å². The van der Waals surface area contributed by atoms with Gasteiger partial charge in [0.15, 0.2) is 0 Å². The Hall–Kier alpha value is -0.820. The van der Waals surface area contributed by atoms with E-state index in [1.165, 1.54) is 11.2 Å². The summed E-state index contributed by atoms with van der Waals surface area (Å²) in [4.78, 5) is 12.5. The third-order valence-electron chi connectivity index (χ3n) is 1.85. The zero-order valence-electron chi connectivity index (χ0n) is 10.1. The Morgan fingerprint density at radius 2 is 1.81 bits per heavy atom. The minimum Gasteiger partial charge on any atom is -0.337 e. The summed E-state index contributed by atoms with van der Waals surface area (Å²) >= 11 is 0. The van der Waals surface area contributed by atoms with Crippen molar-refractivity contribution in [3.63, 3.8) is 0 Å². The van der Waals surface area contributed by atoms with Crippen molar-refractivity contribution < 1.29 is 13.2 Å². The van der Waals surface area contributed by atoms with E-state index in [1.54, 1.807) is 14.1 Å². The van der Waals surface area contributed by atoms with Crippen molar-refractivity contribution in [2.45, 2.75) is 6.42 Å². The second kappa shape index (κ2) is 7.45. The van der Waals surface area contributed by atoms with Crippen LogP contribution in [-0.4, -0.2) is 65.1 Å². The Morgan fingerprint density at radius 3 is 2.31 bits per heavy atom. The molecule has 0 spiro atoms. The summed E-state index contributed by atoms with van der Waals surface area (Å²) in [5.74, 6) is 0.198. The summed E-state index contributed by atoms with van der Waals surface area (Å²) in [5, 5.41) is 5.75. The van der Waals surface area contributed by atoms with Crippen molar-refractivity contribution >= 4 is 15.9 Å². The predicted molar refractivity (Wildman–Crippen MR) is 64.3 cm³/mol. The van der Waals surface area contributed by atoms with Gasteiger partial charge in [0.25, 0.3) is 0 Å². The fourth-order valence-electron chi connectivity index (χ4n) is 1.00. The number of urea groups is 1. The van der Waals surface area contributed by atoms with Crippen LogP contribution in [0.25, 0.3) is 0 Å². The van der Waals surface area contributed by atoms with Gasteiger partial charge in [0.05, 0.1) is 5.75 Å². The number of amides is 2. The second-order valence-corrected chi connectivity index (χ2v) is 6.12. The lowest BCUT2D eigenvalue weighted by Gasteiger charge is -2.12. The first-order chi connectivity index (χ1) is 7.33. The van der Waals surface area contributed by atoms with Crippen molar-refractivity contribution in [2.75, 3.05) is 45.7 Å². The zero-order valence-corrected chi connectivity index (χ0v) is 10.9. The molecule has 0 bridgehead atoms. The maximum atomic E-state index is 11.1. The van der Waals surface area contributed by atoms with Crippen molar-refractivity contribution in [2.24, 2.45) is 0 Å². The molecule has 0 aromatic heterocycles. The lowest BCUT2D eigenvalue weighted by molar-refractivity contribution is 0.217. The predicted octanol–water partition coefficient (Wildman–Crippen LogP) is -0.718. The molecule has 6 nitrogen and oxygen atoms in total. The normalized spacial score (nSPS) is 11.2. The average Bonchev–Trinajstić information content (AvgIpc) is 2.14. The summed E-state index contributed by atoms with van der Waals surface area (Å²) in [6, 6.07) is -0.127. The molecule has 0 fully saturated rings. The first-order valence-corrected chi connectivity index (χ1v) is 7.22. The lowest BCUT2D eigenvalue weighted by atomic mass is 10.4. The Balaban J connectivity index is 3.32. The summed E-state index contributed by atoms with van der Waals surface area (Å²) in [7, 11) is 0.493. The third-order valence-corrected chi connectivity index (χ3v) is 2.88. The van der Waals surface area contributed by atoms with Crippen molar-refractivity contribution in [3.05, 3.63) is 0 Å². The standard InChI is InChI=1S/C9H21N3O3S/c1-12(2)9(13)11-7-6-10-5-4-8-16(3,14)15/h10H,4-8H2,1-3H3,(H,11,13). The molecular weight excluding hydrogens is 230 g/mol. The molecule has 0 radical (unpaired) electrons. The van der Waals surface area contributed by atoms with E-state index in [-0.39, 0.29) is 11.8 Å². The average molecular weight is 251 g/mol. The Bertz CT molecular complexity index is 301. The molecule has 2 N–H and O–H groups in total. The Labute approximate surface area is 97.3 Å². The number of nitrogens with zero attached hydrogens (tertiary/aromatic N) is 1. The Kier molecular flexibility index (Phi) is 7.07. The first-order valence-electron chi connectivity index (χ1n) is 5.16. The van der Waals surface area contributed by atoms with E-state index in [0.717, 1.165) is 0 Å². The van der Waals surface area contributed by atoms with Gasteiger partial charge in [0.2, 0.25) is 0 Å². The van der Waals surface area contributed by atoms with Gasteiger partial charge < -0.3 is 15.5 Å². The van der Waals surface area contributed by atoms with Crippen LogP contribution in [0, 0.1) is 0 Å². The number of rotatable bonds is 7. The van der Waals surface area contributed by atoms with Gasteiger partial charge in [-0.3, -0.25) is 0 Å². The van der Waals surface area contributed by atoms with Crippen LogP contribution in [0.5, 0.6) is 0 Å². The van der Waals surface area contributed by atoms with E-state index in [1.807, 2.05) is 0 Å². The van der Waals surface area contributed by atoms with Crippen LogP contribution >= 0.6 is 0 Å². The molecule has 0 atom stereocenters. The number of hydrogen-bond donors (Lipinski definition) is 2. The minimum absolute atomic E-state index is 0.127. The second-order valence-electron chi connectivity index (χ2n) is 3.86. The fraction of sp³-hybridized carbons (Fsp3) is 0.889. The van der Waals surface area contributed by atoms with Gasteiger partial charge in [0, 0.05) is 33.4 Å². The van der Waals surface area contributed by atoms with Crippen molar-refractivity contribution in [1.29, 1.82) is 0 Å². The largest absolute Gasteiger partial charge is 0.337 e. The summed E-state index contributed by atoms with van der Waals surface area (Å²) in [6.07, 6.45) is 1.82. The molecule has 0 aliphatic carbocycles. The maximum absolute atomic E-state index is 11.1. The molecule has 0 heterocycles. The molecule has 0 saturated heterocycles. The van der Waals surface area contributed by atoms with E-state index >= 15 is 0 Å². The highest BCUT2D eigenvalue weighted by atomic mass is 32.2. The SMILES string of the molecule is CN(C)C(=O)NCCNCCCS(C)(=O)=O. The molecule has 0 rings (SSSR count). The zero-order chi connectivity index (χ0) is 12.6. The Morgan fingerprint density at radius 1 is 1.19 bits per heavy atom. The highest BCUT2D eigenvalue weighted by molar-refractivity contribution is 7.90. The molecule has 7 heteroatoms. The fourth-order valence-corrected chi connectivity index (χ4v) is 1.67. The molecule has 0 aliphatic heterocycles. The van der Waals surface area contributed by atoms with Crippen molar-refractivity contribution in [3.8, 4) is 0 Å². The van der Waals surface area contributed by atoms with E-state index in [2.05, 4.69) is 10.6 Å². The summed E-state index contributed by atoms with van der Waals surface area (Å²) in [6.45, 7) is 1.82. The van der Waals surface area contributed by atoms with Gasteiger partial charge in [-0.2, -0.15) is 0 Å². The van der Waals surface area contributed by atoms with Crippen LogP contribution < -0.4 is 10.6 Å².